The van der Waals surface area contributed by atoms with Gasteiger partial charge in [-0.2, -0.15) is 18.3 Å². The van der Waals surface area contributed by atoms with Crippen LogP contribution in [0.2, 0.25) is 0 Å². The maximum atomic E-state index is 13.1. The summed E-state index contributed by atoms with van der Waals surface area (Å²) in [4.78, 5) is 31.9. The highest BCUT2D eigenvalue weighted by molar-refractivity contribution is 5.93. The second kappa shape index (κ2) is 8.01. The lowest BCUT2D eigenvalue weighted by Gasteiger charge is -2.30. The number of imidazole rings is 1. The summed E-state index contributed by atoms with van der Waals surface area (Å²) in [6, 6.07) is 9.59. The van der Waals surface area contributed by atoms with Crippen LogP contribution in [0.1, 0.15) is 27.4 Å². The molecule has 0 aliphatic carbocycles. The fourth-order valence-corrected chi connectivity index (χ4v) is 4.03. The molecule has 11 heteroatoms. The molecule has 0 spiro atoms. The van der Waals surface area contributed by atoms with Gasteiger partial charge in [0.15, 0.2) is 0 Å². The molecule has 4 heterocycles. The molecule has 0 saturated heterocycles. The number of benzene rings is 1. The fraction of sp³-hybridized carbons (Fsp3) is 0.217. The van der Waals surface area contributed by atoms with Gasteiger partial charge in [0.1, 0.15) is 11.4 Å². The van der Waals surface area contributed by atoms with E-state index < -0.39 is 11.7 Å². The second-order valence-electron chi connectivity index (χ2n) is 7.99. The molecule has 0 bridgehead atoms. The fourth-order valence-electron chi connectivity index (χ4n) is 4.03. The number of pyridine rings is 1. The van der Waals surface area contributed by atoms with Gasteiger partial charge in [-0.3, -0.25) is 9.59 Å². The van der Waals surface area contributed by atoms with Crippen LogP contribution >= 0.6 is 0 Å². The summed E-state index contributed by atoms with van der Waals surface area (Å²) in [5.41, 5.74) is 1.52. The van der Waals surface area contributed by atoms with Crippen LogP contribution in [0, 0.1) is 6.92 Å². The minimum absolute atomic E-state index is 0.191. The lowest BCUT2D eigenvalue weighted by molar-refractivity contribution is -0.137. The summed E-state index contributed by atoms with van der Waals surface area (Å²) in [6.07, 6.45) is 0.397. The summed E-state index contributed by atoms with van der Waals surface area (Å²) in [7, 11) is 0. The molecule has 0 radical (unpaired) electrons. The van der Waals surface area contributed by atoms with Crippen molar-refractivity contribution in [2.45, 2.75) is 26.2 Å². The molecular formula is C23H19F3N6O2. The Morgan fingerprint density at radius 1 is 1.00 bits per heavy atom. The van der Waals surface area contributed by atoms with Gasteiger partial charge in [0.2, 0.25) is 0 Å². The maximum absolute atomic E-state index is 13.1. The van der Waals surface area contributed by atoms with Crippen LogP contribution in [0.4, 0.5) is 13.2 Å². The molecule has 0 atom stereocenters. The number of amides is 1. The van der Waals surface area contributed by atoms with Gasteiger partial charge >= 0.3 is 6.18 Å². The molecule has 4 aromatic rings. The number of halogens is 3. The van der Waals surface area contributed by atoms with Gasteiger partial charge in [0.25, 0.3) is 11.5 Å². The zero-order chi connectivity index (χ0) is 24.0. The first-order chi connectivity index (χ1) is 16.2. The average molecular weight is 468 g/mol. The number of hydrogen-bond acceptors (Lipinski definition) is 4. The Balaban J connectivity index is 1.39. The number of aromatic nitrogens is 5. The second-order valence-corrected chi connectivity index (χ2v) is 7.99. The molecular weight excluding hydrogens is 449 g/mol. The number of hydrogen-bond donors (Lipinski definition) is 0. The summed E-state index contributed by atoms with van der Waals surface area (Å²) >= 11 is 0. The van der Waals surface area contributed by atoms with E-state index >= 15 is 0 Å². The van der Waals surface area contributed by atoms with E-state index in [0.717, 1.165) is 17.8 Å². The van der Waals surface area contributed by atoms with E-state index in [9.17, 15) is 22.8 Å². The smallest absolute Gasteiger partial charge is 0.330 e. The van der Waals surface area contributed by atoms with E-state index in [2.05, 4.69) is 10.1 Å². The molecule has 34 heavy (non-hydrogen) atoms. The van der Waals surface area contributed by atoms with Crippen molar-refractivity contribution >= 4 is 5.91 Å². The Morgan fingerprint density at radius 2 is 1.76 bits per heavy atom. The highest BCUT2D eigenvalue weighted by atomic mass is 19.4. The summed E-state index contributed by atoms with van der Waals surface area (Å²) in [6.45, 7) is 2.63. The van der Waals surface area contributed by atoms with Crippen LogP contribution in [-0.2, 0) is 19.3 Å². The molecule has 1 amide bonds. The van der Waals surface area contributed by atoms with Crippen molar-refractivity contribution in [1.29, 1.82) is 0 Å². The normalized spacial score (nSPS) is 13.9. The van der Waals surface area contributed by atoms with Crippen LogP contribution < -0.4 is 5.56 Å². The average Bonchev–Trinajstić information content (AvgIpc) is 3.44. The van der Waals surface area contributed by atoms with E-state index in [1.165, 1.54) is 27.6 Å². The summed E-state index contributed by atoms with van der Waals surface area (Å²) in [5, 5.41) is 4.21. The van der Waals surface area contributed by atoms with Crippen molar-refractivity contribution in [2.24, 2.45) is 0 Å². The van der Waals surface area contributed by atoms with Crippen LogP contribution in [0.25, 0.3) is 11.4 Å². The topological polar surface area (TPSA) is 78.0 Å². The quantitative estimate of drug-likeness (QED) is 0.461. The van der Waals surface area contributed by atoms with Crippen molar-refractivity contribution in [2.75, 3.05) is 6.54 Å². The number of rotatable bonds is 4. The van der Waals surface area contributed by atoms with Gasteiger partial charge in [-0.1, -0.05) is 0 Å². The first-order valence-electron chi connectivity index (χ1n) is 10.5. The third-order valence-corrected chi connectivity index (χ3v) is 5.76. The van der Waals surface area contributed by atoms with Gasteiger partial charge in [-0.15, -0.1) is 0 Å². The first kappa shape index (κ1) is 21.7. The molecule has 0 saturated carbocycles. The predicted octanol–water partition coefficient (Wildman–Crippen LogP) is 3.20. The molecule has 1 aromatic carbocycles. The van der Waals surface area contributed by atoms with Crippen molar-refractivity contribution in [1.82, 2.24) is 28.8 Å². The van der Waals surface area contributed by atoms with Gasteiger partial charge in [0, 0.05) is 25.5 Å². The molecule has 5 rings (SSSR count). The zero-order valence-corrected chi connectivity index (χ0v) is 18.0. The Morgan fingerprint density at radius 3 is 2.44 bits per heavy atom. The SMILES string of the molecule is Cc1cn(-c2ccc3n(c2=O)CCN(Cc2ccnn2-c2ccc(C(F)(F)F)cc2)C3=O)cn1. The van der Waals surface area contributed by atoms with Crippen LogP contribution in [0.5, 0.6) is 0 Å². The molecule has 8 nitrogen and oxygen atoms in total. The van der Waals surface area contributed by atoms with E-state index in [1.807, 2.05) is 6.92 Å². The molecule has 0 fully saturated rings. The van der Waals surface area contributed by atoms with Crippen molar-refractivity contribution in [3.05, 3.63) is 94.2 Å². The standard InChI is InChI=1S/C23H19F3N6O2/c1-15-12-30(14-27-15)19-6-7-20-21(33)29(10-11-31(20)22(19)34)13-18-8-9-28-32(18)17-4-2-16(3-5-17)23(24,25)26/h2-9,12,14H,10-11,13H2,1H3. The van der Waals surface area contributed by atoms with Crippen molar-refractivity contribution in [3.63, 3.8) is 0 Å². The third kappa shape index (κ3) is 3.78. The maximum Gasteiger partial charge on any atom is 0.416 e. The van der Waals surface area contributed by atoms with E-state index in [0.29, 0.717) is 30.2 Å². The third-order valence-electron chi connectivity index (χ3n) is 5.76. The number of carbonyl (C=O) groups excluding carboxylic acids is 1. The highest BCUT2D eigenvalue weighted by Gasteiger charge is 2.30. The minimum Gasteiger partial charge on any atom is -0.330 e. The number of aryl methyl sites for hydroxylation is 1. The number of carbonyl (C=O) groups is 1. The minimum atomic E-state index is -4.42. The number of alkyl halides is 3. The molecule has 1 aliphatic rings. The Kier molecular flexibility index (Phi) is 5.11. The Bertz CT molecular complexity index is 1430. The van der Waals surface area contributed by atoms with E-state index in [1.54, 1.807) is 40.2 Å². The van der Waals surface area contributed by atoms with Crippen LogP contribution in [0.3, 0.4) is 0 Å². The molecule has 1 aliphatic heterocycles. The van der Waals surface area contributed by atoms with Crippen molar-refractivity contribution < 1.29 is 18.0 Å². The molecule has 0 N–H and O–H groups in total. The summed E-state index contributed by atoms with van der Waals surface area (Å²) < 4.78 is 43.2. The molecule has 3 aromatic heterocycles. The van der Waals surface area contributed by atoms with Crippen molar-refractivity contribution in [3.8, 4) is 11.4 Å². The number of nitrogens with zero attached hydrogens (tertiary/aromatic N) is 6. The highest BCUT2D eigenvalue weighted by Crippen LogP contribution is 2.29. The molecule has 0 unspecified atom stereocenters. The molecule has 174 valence electrons. The predicted molar refractivity (Wildman–Crippen MR) is 116 cm³/mol. The first-order valence-corrected chi connectivity index (χ1v) is 10.5. The Hall–Kier alpha value is -4.15. The Labute approximate surface area is 191 Å². The zero-order valence-electron chi connectivity index (χ0n) is 18.0. The van der Waals surface area contributed by atoms with Gasteiger partial charge < -0.3 is 14.0 Å². The lowest BCUT2D eigenvalue weighted by atomic mass is 10.2. The number of fused-ring (bicyclic) bond motifs is 1. The van der Waals surface area contributed by atoms with Gasteiger partial charge in [0.05, 0.1) is 35.5 Å². The van der Waals surface area contributed by atoms with E-state index in [-0.39, 0.29) is 23.7 Å². The van der Waals surface area contributed by atoms with E-state index in [4.69, 9.17) is 0 Å². The van der Waals surface area contributed by atoms with Crippen LogP contribution in [-0.4, -0.2) is 41.3 Å². The van der Waals surface area contributed by atoms with Gasteiger partial charge in [-0.25, -0.2) is 9.67 Å². The van der Waals surface area contributed by atoms with Gasteiger partial charge in [-0.05, 0) is 49.4 Å². The lowest BCUT2D eigenvalue weighted by Crippen LogP contribution is -2.44. The summed E-state index contributed by atoms with van der Waals surface area (Å²) in [5.74, 6) is -0.308. The monoisotopic (exact) mass is 468 g/mol. The van der Waals surface area contributed by atoms with Crippen LogP contribution in [0.15, 0.2) is 66.0 Å². The largest absolute Gasteiger partial charge is 0.416 e.